The summed E-state index contributed by atoms with van der Waals surface area (Å²) in [5.74, 6) is 2.72. The van der Waals surface area contributed by atoms with Crippen LogP contribution in [0.15, 0.2) is 17.1 Å². The quantitative estimate of drug-likeness (QED) is 0.556. The van der Waals surface area contributed by atoms with Crippen molar-refractivity contribution in [2.24, 2.45) is 4.99 Å². The monoisotopic (exact) mass is 339 g/mol. The second-order valence-electron chi connectivity index (χ2n) is 5.75. The fourth-order valence-corrected chi connectivity index (χ4v) is 2.01. The van der Waals surface area contributed by atoms with E-state index in [4.69, 9.17) is 18.9 Å². The lowest BCUT2D eigenvalue weighted by Gasteiger charge is -2.24. The number of methoxy groups -OCH3 is 4. The van der Waals surface area contributed by atoms with Gasteiger partial charge in [0.1, 0.15) is 17.2 Å². The highest BCUT2D eigenvalue weighted by Gasteiger charge is 2.17. The zero-order valence-electron chi connectivity index (χ0n) is 15.6. The molecule has 0 amide bonds. The first-order chi connectivity index (χ1) is 11.4. The summed E-state index contributed by atoms with van der Waals surface area (Å²) in [4.78, 5) is 4.22. The molecule has 1 aromatic rings. The number of nitrogens with zero attached hydrogens (tertiary/aromatic N) is 1. The number of ether oxygens (including phenoxy) is 4. The zero-order valence-corrected chi connectivity index (χ0v) is 15.6. The van der Waals surface area contributed by atoms with Gasteiger partial charge in [-0.05, 0) is 13.8 Å². The minimum Gasteiger partial charge on any atom is -0.496 e. The van der Waals surface area contributed by atoms with E-state index in [0.29, 0.717) is 36.3 Å². The predicted molar refractivity (Wildman–Crippen MR) is 95.4 cm³/mol. The summed E-state index contributed by atoms with van der Waals surface area (Å²) in [5.41, 5.74) is 0.599. The van der Waals surface area contributed by atoms with Crippen molar-refractivity contribution in [2.45, 2.75) is 26.0 Å². The summed E-state index contributed by atoms with van der Waals surface area (Å²) in [6.45, 7) is 5.12. The highest BCUT2D eigenvalue weighted by molar-refractivity contribution is 5.79. The molecule has 0 saturated carbocycles. The lowest BCUT2D eigenvalue weighted by atomic mass is 10.1. The summed E-state index contributed by atoms with van der Waals surface area (Å²) in [7, 11) is 8.25. The average Bonchev–Trinajstić information content (AvgIpc) is 2.61. The van der Waals surface area contributed by atoms with Crippen LogP contribution < -0.4 is 24.8 Å². The van der Waals surface area contributed by atoms with Crippen LogP contribution >= 0.6 is 0 Å². The van der Waals surface area contributed by atoms with Crippen LogP contribution in [0.1, 0.15) is 19.4 Å². The van der Waals surface area contributed by atoms with Crippen LogP contribution in [0.2, 0.25) is 0 Å². The van der Waals surface area contributed by atoms with Crippen molar-refractivity contribution in [3.63, 3.8) is 0 Å². The van der Waals surface area contributed by atoms with Crippen molar-refractivity contribution in [3.8, 4) is 17.2 Å². The highest BCUT2D eigenvalue weighted by Crippen LogP contribution is 2.33. The molecule has 0 bridgehead atoms. The first-order valence-electron chi connectivity index (χ1n) is 7.69. The van der Waals surface area contributed by atoms with Gasteiger partial charge in [-0.3, -0.25) is 4.99 Å². The Labute approximate surface area is 144 Å². The van der Waals surface area contributed by atoms with Crippen molar-refractivity contribution in [3.05, 3.63) is 17.7 Å². The van der Waals surface area contributed by atoms with Crippen LogP contribution in [0.4, 0.5) is 0 Å². The van der Waals surface area contributed by atoms with Crippen LogP contribution in [0, 0.1) is 0 Å². The third kappa shape index (κ3) is 5.49. The molecular formula is C17H29N3O4. The molecule has 0 fully saturated rings. The maximum absolute atomic E-state index is 5.45. The van der Waals surface area contributed by atoms with E-state index in [9.17, 15) is 0 Å². The van der Waals surface area contributed by atoms with Gasteiger partial charge in [-0.25, -0.2) is 0 Å². The average molecular weight is 339 g/mol. The van der Waals surface area contributed by atoms with Gasteiger partial charge in [-0.15, -0.1) is 0 Å². The third-order valence-electron chi connectivity index (χ3n) is 3.71. The van der Waals surface area contributed by atoms with Gasteiger partial charge in [0, 0.05) is 32.8 Å². The van der Waals surface area contributed by atoms with E-state index >= 15 is 0 Å². The molecule has 7 nitrogen and oxygen atoms in total. The maximum atomic E-state index is 5.45. The smallest absolute Gasteiger partial charge is 0.191 e. The summed E-state index contributed by atoms with van der Waals surface area (Å²) in [6.07, 6.45) is 0. The van der Waals surface area contributed by atoms with E-state index in [0.717, 1.165) is 5.56 Å². The largest absolute Gasteiger partial charge is 0.496 e. The van der Waals surface area contributed by atoms with E-state index in [1.807, 2.05) is 26.0 Å². The SMILES string of the molecule is CN=C(NCc1c(OC)cc(OC)cc1OC)NCC(C)(C)OC. The van der Waals surface area contributed by atoms with Crippen LogP contribution in [0.3, 0.4) is 0 Å². The second kappa shape index (κ2) is 9.22. The Kier molecular flexibility index (Phi) is 7.64. The molecule has 1 rings (SSSR count). The predicted octanol–water partition coefficient (Wildman–Crippen LogP) is 1.80. The van der Waals surface area contributed by atoms with Crippen molar-refractivity contribution in [1.29, 1.82) is 0 Å². The van der Waals surface area contributed by atoms with Crippen LogP contribution in [-0.2, 0) is 11.3 Å². The molecule has 24 heavy (non-hydrogen) atoms. The van der Waals surface area contributed by atoms with Gasteiger partial charge < -0.3 is 29.6 Å². The first kappa shape index (κ1) is 19.9. The topological polar surface area (TPSA) is 73.3 Å². The molecule has 2 N–H and O–H groups in total. The fraction of sp³-hybridized carbons (Fsp3) is 0.588. The Balaban J connectivity index is 2.85. The molecule has 1 aromatic carbocycles. The minimum absolute atomic E-state index is 0.285. The van der Waals surface area contributed by atoms with Gasteiger partial charge in [0.05, 0.1) is 39.0 Å². The standard InChI is InChI=1S/C17H29N3O4/c1-17(2,24-7)11-20-16(18-3)19-10-13-14(22-5)8-12(21-4)9-15(13)23-6/h8-9H,10-11H2,1-7H3,(H2,18,19,20). The first-order valence-corrected chi connectivity index (χ1v) is 7.69. The molecule has 0 atom stereocenters. The lowest BCUT2D eigenvalue weighted by Crippen LogP contribution is -2.45. The Hall–Kier alpha value is -2.15. The summed E-state index contributed by atoms with van der Waals surface area (Å²) >= 11 is 0. The Morgan fingerprint density at radius 1 is 1.00 bits per heavy atom. The van der Waals surface area contributed by atoms with Gasteiger partial charge in [0.15, 0.2) is 5.96 Å². The maximum Gasteiger partial charge on any atom is 0.191 e. The number of hydrogen-bond donors (Lipinski definition) is 2. The van der Waals surface area contributed by atoms with E-state index in [-0.39, 0.29) is 5.60 Å². The third-order valence-corrected chi connectivity index (χ3v) is 3.71. The molecule has 0 radical (unpaired) electrons. The normalized spacial score (nSPS) is 11.9. The molecule has 0 heterocycles. The van der Waals surface area contributed by atoms with Crippen LogP contribution in [0.5, 0.6) is 17.2 Å². The molecule has 0 aliphatic rings. The molecule has 136 valence electrons. The molecule has 0 saturated heterocycles. The number of aliphatic imine (C=N–C) groups is 1. The van der Waals surface area contributed by atoms with Crippen molar-refractivity contribution >= 4 is 5.96 Å². The van der Waals surface area contributed by atoms with E-state index in [1.165, 1.54) is 0 Å². The molecule has 0 aromatic heterocycles. The number of guanidine groups is 1. The number of benzene rings is 1. The Bertz CT molecular complexity index is 534. The van der Waals surface area contributed by atoms with Crippen molar-refractivity contribution < 1.29 is 18.9 Å². The molecular weight excluding hydrogens is 310 g/mol. The summed E-state index contributed by atoms with van der Waals surface area (Å²) in [6, 6.07) is 3.65. The molecule has 0 unspecified atom stereocenters. The Morgan fingerprint density at radius 3 is 2.00 bits per heavy atom. The molecule has 0 aliphatic carbocycles. The fourth-order valence-electron chi connectivity index (χ4n) is 2.01. The van der Waals surface area contributed by atoms with E-state index in [2.05, 4.69) is 15.6 Å². The van der Waals surface area contributed by atoms with Crippen LogP contribution in [-0.4, -0.2) is 53.6 Å². The molecule has 0 aliphatic heterocycles. The van der Waals surface area contributed by atoms with Gasteiger partial charge in [-0.1, -0.05) is 0 Å². The van der Waals surface area contributed by atoms with Gasteiger partial charge >= 0.3 is 0 Å². The van der Waals surface area contributed by atoms with Crippen molar-refractivity contribution in [2.75, 3.05) is 42.0 Å². The zero-order chi connectivity index (χ0) is 18.2. The van der Waals surface area contributed by atoms with Gasteiger partial charge in [0.25, 0.3) is 0 Å². The number of hydrogen-bond acceptors (Lipinski definition) is 5. The summed E-state index contributed by atoms with van der Waals surface area (Å²) in [5, 5.41) is 6.49. The van der Waals surface area contributed by atoms with Gasteiger partial charge in [0.2, 0.25) is 0 Å². The van der Waals surface area contributed by atoms with E-state index < -0.39 is 0 Å². The van der Waals surface area contributed by atoms with Crippen LogP contribution in [0.25, 0.3) is 0 Å². The highest BCUT2D eigenvalue weighted by atomic mass is 16.5. The van der Waals surface area contributed by atoms with Crippen molar-refractivity contribution in [1.82, 2.24) is 10.6 Å². The van der Waals surface area contributed by atoms with E-state index in [1.54, 1.807) is 35.5 Å². The lowest BCUT2D eigenvalue weighted by molar-refractivity contribution is 0.0268. The van der Waals surface area contributed by atoms with Gasteiger partial charge in [-0.2, -0.15) is 0 Å². The molecule has 7 heteroatoms. The number of rotatable bonds is 8. The molecule has 0 spiro atoms. The minimum atomic E-state index is -0.285. The Morgan fingerprint density at radius 2 is 1.58 bits per heavy atom. The number of nitrogens with one attached hydrogen (secondary N) is 2. The second-order valence-corrected chi connectivity index (χ2v) is 5.75. The summed E-state index contributed by atoms with van der Waals surface area (Å²) < 4.78 is 21.5.